The fourth-order valence-electron chi connectivity index (χ4n) is 4.20. The number of likely N-dealkylation sites (tertiary alicyclic amines) is 1. The van der Waals surface area contributed by atoms with E-state index in [-0.39, 0.29) is 0 Å². The first kappa shape index (κ1) is 22.6. The summed E-state index contributed by atoms with van der Waals surface area (Å²) in [5.41, 5.74) is 3.75. The molecule has 2 aromatic heterocycles. The molecule has 1 aliphatic heterocycles. The molecule has 7 heteroatoms. The van der Waals surface area contributed by atoms with Crippen molar-refractivity contribution in [2.24, 2.45) is 5.92 Å². The molecule has 0 unspecified atom stereocenters. The molecule has 0 amide bonds. The molecule has 0 atom stereocenters. The van der Waals surface area contributed by atoms with E-state index in [0.717, 1.165) is 54.5 Å². The van der Waals surface area contributed by atoms with Gasteiger partial charge >= 0.3 is 0 Å². The van der Waals surface area contributed by atoms with Gasteiger partial charge in [-0.25, -0.2) is 4.98 Å². The molecule has 0 bridgehead atoms. The van der Waals surface area contributed by atoms with E-state index in [9.17, 15) is 0 Å². The molecule has 0 spiro atoms. The zero-order valence-electron chi connectivity index (χ0n) is 19.2. The van der Waals surface area contributed by atoms with Gasteiger partial charge in [0, 0.05) is 22.8 Å². The van der Waals surface area contributed by atoms with Gasteiger partial charge in [0.05, 0.1) is 6.61 Å². The third-order valence-electron chi connectivity index (χ3n) is 6.14. The van der Waals surface area contributed by atoms with Crippen LogP contribution in [0.15, 0.2) is 71.3 Å². The lowest BCUT2D eigenvalue weighted by molar-refractivity contribution is 0.137. The minimum Gasteiger partial charge on any atom is -0.493 e. The van der Waals surface area contributed by atoms with Crippen molar-refractivity contribution in [1.29, 1.82) is 0 Å². The Hall–Kier alpha value is -3.22. The standard InChI is InChI=1S/C27H27ClN4O2/c1-19-4-2-7-25(29-19)26-30-27(34-31-26)22-5-3-6-24(16-22)33-18-21-12-14-32(15-13-21)17-20-8-10-23(28)11-9-20/h2-11,16,21H,12-15,17-18H2,1H3. The normalized spacial score (nSPS) is 14.9. The van der Waals surface area contributed by atoms with Crippen LogP contribution in [-0.4, -0.2) is 39.7 Å². The molecule has 6 nitrogen and oxygen atoms in total. The number of rotatable bonds is 7. The quantitative estimate of drug-likeness (QED) is 0.325. The Balaban J connectivity index is 1.14. The zero-order chi connectivity index (χ0) is 23.3. The minimum absolute atomic E-state index is 0.458. The summed E-state index contributed by atoms with van der Waals surface area (Å²) in [6, 6.07) is 21.7. The molecule has 34 heavy (non-hydrogen) atoms. The smallest absolute Gasteiger partial charge is 0.258 e. The molecule has 174 valence electrons. The maximum atomic E-state index is 6.15. The first-order chi connectivity index (χ1) is 16.6. The van der Waals surface area contributed by atoms with Crippen LogP contribution in [0.5, 0.6) is 5.75 Å². The predicted octanol–water partition coefficient (Wildman–Crippen LogP) is 6.05. The van der Waals surface area contributed by atoms with Crippen molar-refractivity contribution < 1.29 is 9.26 Å². The van der Waals surface area contributed by atoms with Crippen LogP contribution in [0.1, 0.15) is 24.1 Å². The number of hydrogen-bond acceptors (Lipinski definition) is 6. The van der Waals surface area contributed by atoms with Gasteiger partial charge in [0.2, 0.25) is 5.82 Å². The minimum atomic E-state index is 0.458. The summed E-state index contributed by atoms with van der Waals surface area (Å²) in [6.45, 7) is 5.77. The summed E-state index contributed by atoms with van der Waals surface area (Å²) in [5, 5.41) is 4.88. The van der Waals surface area contributed by atoms with Gasteiger partial charge in [-0.1, -0.05) is 41.0 Å². The number of nitrogens with zero attached hydrogens (tertiary/aromatic N) is 4. The lowest BCUT2D eigenvalue weighted by Crippen LogP contribution is -2.35. The SMILES string of the molecule is Cc1cccc(-c2noc(-c3cccc(OCC4CCN(Cc5ccc(Cl)cc5)CC4)c3)n2)n1. The number of aryl methyl sites for hydroxylation is 1. The third-order valence-corrected chi connectivity index (χ3v) is 6.39. The summed E-state index contributed by atoms with van der Waals surface area (Å²) in [4.78, 5) is 11.5. The number of benzene rings is 2. The number of aromatic nitrogens is 3. The van der Waals surface area contributed by atoms with Crippen molar-refractivity contribution in [3.05, 3.63) is 83.0 Å². The number of pyridine rings is 1. The molecule has 0 N–H and O–H groups in total. The number of ether oxygens (including phenoxy) is 1. The van der Waals surface area contributed by atoms with Crippen molar-refractivity contribution in [1.82, 2.24) is 20.0 Å². The fourth-order valence-corrected chi connectivity index (χ4v) is 4.33. The van der Waals surface area contributed by atoms with Gasteiger partial charge in [-0.05, 0) is 86.8 Å². The topological polar surface area (TPSA) is 64.3 Å². The third kappa shape index (κ3) is 5.64. The molecule has 1 saturated heterocycles. The number of hydrogen-bond donors (Lipinski definition) is 0. The lowest BCUT2D eigenvalue weighted by atomic mass is 9.97. The van der Waals surface area contributed by atoms with Gasteiger partial charge in [-0.2, -0.15) is 4.98 Å². The number of piperidine rings is 1. The average molecular weight is 475 g/mol. The summed E-state index contributed by atoms with van der Waals surface area (Å²) < 4.78 is 11.6. The van der Waals surface area contributed by atoms with Crippen LogP contribution in [-0.2, 0) is 6.54 Å². The van der Waals surface area contributed by atoms with Gasteiger partial charge < -0.3 is 9.26 Å². The largest absolute Gasteiger partial charge is 0.493 e. The maximum absolute atomic E-state index is 6.15. The van der Waals surface area contributed by atoms with E-state index in [1.54, 1.807) is 0 Å². The van der Waals surface area contributed by atoms with Gasteiger partial charge in [-0.15, -0.1) is 0 Å². The Morgan fingerprint density at radius 2 is 1.79 bits per heavy atom. The predicted molar refractivity (Wildman–Crippen MR) is 133 cm³/mol. The highest BCUT2D eigenvalue weighted by atomic mass is 35.5. The van der Waals surface area contributed by atoms with E-state index in [4.69, 9.17) is 20.9 Å². The van der Waals surface area contributed by atoms with Crippen LogP contribution >= 0.6 is 11.6 Å². The Morgan fingerprint density at radius 1 is 1.00 bits per heavy atom. The van der Waals surface area contributed by atoms with E-state index in [0.29, 0.717) is 29.9 Å². The average Bonchev–Trinajstić information content (AvgIpc) is 3.36. The molecular weight excluding hydrogens is 448 g/mol. The Kier molecular flexibility index (Phi) is 6.88. The van der Waals surface area contributed by atoms with Gasteiger partial charge in [-0.3, -0.25) is 4.90 Å². The van der Waals surface area contributed by atoms with E-state index in [1.807, 2.05) is 61.5 Å². The summed E-state index contributed by atoms with van der Waals surface area (Å²) >= 11 is 5.99. The molecule has 0 radical (unpaired) electrons. The molecule has 1 fully saturated rings. The monoisotopic (exact) mass is 474 g/mol. The van der Waals surface area contributed by atoms with E-state index in [1.165, 1.54) is 5.56 Å². The summed E-state index contributed by atoms with van der Waals surface area (Å²) in [6.07, 6.45) is 2.26. The Morgan fingerprint density at radius 3 is 2.59 bits per heavy atom. The molecule has 4 aromatic rings. The Labute approximate surface area is 204 Å². The van der Waals surface area contributed by atoms with Crippen LogP contribution in [0.4, 0.5) is 0 Å². The van der Waals surface area contributed by atoms with Crippen LogP contribution < -0.4 is 4.74 Å². The number of halogens is 1. The lowest BCUT2D eigenvalue weighted by Gasteiger charge is -2.31. The summed E-state index contributed by atoms with van der Waals surface area (Å²) in [5.74, 6) is 2.30. The van der Waals surface area contributed by atoms with E-state index < -0.39 is 0 Å². The van der Waals surface area contributed by atoms with E-state index >= 15 is 0 Å². The van der Waals surface area contributed by atoms with Crippen LogP contribution in [0.25, 0.3) is 23.0 Å². The van der Waals surface area contributed by atoms with Crippen LogP contribution in [0, 0.1) is 12.8 Å². The second kappa shape index (κ2) is 10.4. The van der Waals surface area contributed by atoms with Gasteiger partial charge in [0.1, 0.15) is 11.4 Å². The fraction of sp³-hybridized carbons (Fsp3) is 0.296. The first-order valence-electron chi connectivity index (χ1n) is 11.6. The van der Waals surface area contributed by atoms with Crippen molar-refractivity contribution in [3.8, 4) is 28.7 Å². The molecule has 0 aliphatic carbocycles. The van der Waals surface area contributed by atoms with Gasteiger partial charge in [0.15, 0.2) is 0 Å². The molecule has 3 heterocycles. The van der Waals surface area contributed by atoms with Crippen molar-refractivity contribution in [2.75, 3.05) is 19.7 Å². The molecule has 5 rings (SSSR count). The zero-order valence-corrected chi connectivity index (χ0v) is 19.9. The van der Waals surface area contributed by atoms with E-state index in [2.05, 4.69) is 32.2 Å². The Bertz CT molecular complexity index is 1230. The second-order valence-electron chi connectivity index (χ2n) is 8.77. The van der Waals surface area contributed by atoms with Crippen molar-refractivity contribution in [3.63, 3.8) is 0 Å². The molecule has 2 aromatic carbocycles. The van der Waals surface area contributed by atoms with Crippen molar-refractivity contribution >= 4 is 11.6 Å². The maximum Gasteiger partial charge on any atom is 0.258 e. The second-order valence-corrected chi connectivity index (χ2v) is 9.21. The first-order valence-corrected chi connectivity index (χ1v) is 12.0. The van der Waals surface area contributed by atoms with Crippen LogP contribution in [0.2, 0.25) is 5.02 Å². The highest BCUT2D eigenvalue weighted by Gasteiger charge is 2.20. The molecule has 0 saturated carbocycles. The van der Waals surface area contributed by atoms with Crippen molar-refractivity contribution in [2.45, 2.75) is 26.3 Å². The van der Waals surface area contributed by atoms with Crippen LogP contribution in [0.3, 0.4) is 0 Å². The summed E-state index contributed by atoms with van der Waals surface area (Å²) in [7, 11) is 0. The molecule has 1 aliphatic rings. The highest BCUT2D eigenvalue weighted by Crippen LogP contribution is 2.26. The molecular formula is C27H27ClN4O2. The van der Waals surface area contributed by atoms with Gasteiger partial charge in [0.25, 0.3) is 5.89 Å². The highest BCUT2D eigenvalue weighted by molar-refractivity contribution is 6.30.